The van der Waals surface area contributed by atoms with Crippen molar-refractivity contribution in [3.05, 3.63) is 56.1 Å². The van der Waals surface area contributed by atoms with Gasteiger partial charge in [0.25, 0.3) is 0 Å². The monoisotopic (exact) mass is 417 g/mol. The molecule has 0 saturated carbocycles. The molecule has 2 aromatic rings. The molecule has 2 nitrogen and oxygen atoms in total. The molecule has 94 valence electrons. The second-order valence-electron chi connectivity index (χ2n) is 3.81. The van der Waals surface area contributed by atoms with Crippen LogP contribution in [0.25, 0.3) is 0 Å². The molecule has 4 heteroatoms. The summed E-state index contributed by atoms with van der Waals surface area (Å²) in [5, 5.41) is 3.15. The Bertz CT molecular complexity index is 545. The lowest BCUT2D eigenvalue weighted by Crippen LogP contribution is -2.06. The Kier molecular flexibility index (Phi) is 5.03. The van der Waals surface area contributed by atoms with Gasteiger partial charge < -0.3 is 10.1 Å². The fourth-order valence-electron chi connectivity index (χ4n) is 1.62. The van der Waals surface area contributed by atoms with E-state index in [-0.39, 0.29) is 0 Å². The number of hydrogen-bond donors (Lipinski definition) is 1. The Morgan fingerprint density at radius 2 is 1.94 bits per heavy atom. The van der Waals surface area contributed by atoms with Gasteiger partial charge in [0.1, 0.15) is 11.5 Å². The predicted octanol–water partition coefficient (Wildman–Crippen LogP) is 4.57. The van der Waals surface area contributed by atoms with Gasteiger partial charge in [0, 0.05) is 16.6 Å². The highest BCUT2D eigenvalue weighted by molar-refractivity contribution is 14.1. The standard InChI is InChI=1S/C14H13BrINO/c1-17-9-10-8-11(15)6-7-13(10)18-14-5-3-2-4-12(14)16/h2-8,17H,9H2,1H3. The molecule has 0 aromatic heterocycles. The maximum absolute atomic E-state index is 5.98. The van der Waals surface area contributed by atoms with E-state index in [1.54, 1.807) is 0 Å². The Morgan fingerprint density at radius 1 is 1.17 bits per heavy atom. The van der Waals surface area contributed by atoms with Crippen LogP contribution in [0.1, 0.15) is 5.56 Å². The molecule has 2 rings (SSSR count). The molecular formula is C14H13BrINO. The van der Waals surface area contributed by atoms with Crippen molar-refractivity contribution in [2.45, 2.75) is 6.54 Å². The summed E-state index contributed by atoms with van der Waals surface area (Å²) in [6.45, 7) is 0.776. The first-order chi connectivity index (χ1) is 8.70. The normalized spacial score (nSPS) is 10.4. The Hall–Kier alpha value is -0.590. The van der Waals surface area contributed by atoms with Crippen molar-refractivity contribution in [3.8, 4) is 11.5 Å². The number of hydrogen-bond acceptors (Lipinski definition) is 2. The van der Waals surface area contributed by atoms with Crippen LogP contribution in [0.3, 0.4) is 0 Å². The van der Waals surface area contributed by atoms with Crippen LogP contribution in [-0.2, 0) is 6.54 Å². The van der Waals surface area contributed by atoms with Crippen molar-refractivity contribution >= 4 is 38.5 Å². The molecule has 0 fully saturated rings. The summed E-state index contributed by atoms with van der Waals surface area (Å²) in [5.74, 6) is 1.77. The van der Waals surface area contributed by atoms with Gasteiger partial charge in [-0.3, -0.25) is 0 Å². The average Bonchev–Trinajstić information content (AvgIpc) is 2.35. The first-order valence-corrected chi connectivity index (χ1v) is 7.43. The molecule has 0 amide bonds. The van der Waals surface area contributed by atoms with Gasteiger partial charge in [-0.2, -0.15) is 0 Å². The first-order valence-electron chi connectivity index (χ1n) is 5.56. The molecule has 0 atom stereocenters. The smallest absolute Gasteiger partial charge is 0.140 e. The van der Waals surface area contributed by atoms with Crippen LogP contribution in [0.2, 0.25) is 0 Å². The Balaban J connectivity index is 2.31. The highest BCUT2D eigenvalue weighted by Gasteiger charge is 2.07. The van der Waals surface area contributed by atoms with E-state index < -0.39 is 0 Å². The van der Waals surface area contributed by atoms with Gasteiger partial charge in [-0.15, -0.1) is 0 Å². The summed E-state index contributed by atoms with van der Waals surface area (Å²) >= 11 is 5.76. The lowest BCUT2D eigenvalue weighted by Gasteiger charge is -2.12. The highest BCUT2D eigenvalue weighted by atomic mass is 127. The summed E-state index contributed by atoms with van der Waals surface area (Å²) in [5.41, 5.74) is 1.13. The molecule has 0 aliphatic heterocycles. The summed E-state index contributed by atoms with van der Waals surface area (Å²) in [6, 6.07) is 14.0. The van der Waals surface area contributed by atoms with E-state index in [9.17, 15) is 0 Å². The van der Waals surface area contributed by atoms with E-state index in [0.717, 1.165) is 31.7 Å². The van der Waals surface area contributed by atoms with Gasteiger partial charge in [-0.1, -0.05) is 28.1 Å². The van der Waals surface area contributed by atoms with Crippen LogP contribution < -0.4 is 10.1 Å². The minimum absolute atomic E-state index is 0.776. The molecule has 18 heavy (non-hydrogen) atoms. The van der Waals surface area contributed by atoms with E-state index in [1.807, 2.05) is 43.4 Å². The molecule has 1 N–H and O–H groups in total. The van der Waals surface area contributed by atoms with Gasteiger partial charge in [-0.05, 0) is 60.0 Å². The number of halogens is 2. The van der Waals surface area contributed by atoms with Crippen LogP contribution in [0.15, 0.2) is 46.9 Å². The van der Waals surface area contributed by atoms with Gasteiger partial charge in [0.15, 0.2) is 0 Å². The zero-order valence-electron chi connectivity index (χ0n) is 9.91. The molecule has 0 heterocycles. The Labute approximate surface area is 129 Å². The molecule has 0 aliphatic carbocycles. The van der Waals surface area contributed by atoms with Crippen molar-refractivity contribution in [3.63, 3.8) is 0 Å². The molecule has 0 bridgehead atoms. The van der Waals surface area contributed by atoms with Crippen molar-refractivity contribution in [1.82, 2.24) is 5.32 Å². The fraction of sp³-hybridized carbons (Fsp3) is 0.143. The third kappa shape index (κ3) is 3.46. The quantitative estimate of drug-likeness (QED) is 0.736. The van der Waals surface area contributed by atoms with Gasteiger partial charge >= 0.3 is 0 Å². The second-order valence-corrected chi connectivity index (χ2v) is 5.89. The third-order valence-corrected chi connectivity index (χ3v) is 3.83. The second kappa shape index (κ2) is 6.54. The molecule has 0 aliphatic rings. The molecule has 0 unspecified atom stereocenters. The van der Waals surface area contributed by atoms with E-state index in [0.29, 0.717) is 0 Å². The van der Waals surface area contributed by atoms with Crippen molar-refractivity contribution in [2.24, 2.45) is 0 Å². The Morgan fingerprint density at radius 3 is 2.67 bits per heavy atom. The van der Waals surface area contributed by atoms with Crippen LogP contribution in [0, 0.1) is 3.57 Å². The summed E-state index contributed by atoms with van der Waals surface area (Å²) in [6.07, 6.45) is 0. The van der Waals surface area contributed by atoms with E-state index in [4.69, 9.17) is 4.74 Å². The van der Waals surface area contributed by atoms with Crippen LogP contribution >= 0.6 is 38.5 Å². The maximum atomic E-state index is 5.98. The number of ether oxygens (including phenoxy) is 1. The minimum atomic E-state index is 0.776. The fourth-order valence-corrected chi connectivity index (χ4v) is 2.53. The molecule has 0 radical (unpaired) electrons. The van der Waals surface area contributed by atoms with Gasteiger partial charge in [-0.25, -0.2) is 0 Å². The molecule has 2 aromatic carbocycles. The number of para-hydroxylation sites is 1. The molecule has 0 spiro atoms. The molecule has 0 saturated heterocycles. The molecular weight excluding hydrogens is 405 g/mol. The van der Waals surface area contributed by atoms with Gasteiger partial charge in [0.05, 0.1) is 3.57 Å². The third-order valence-electron chi connectivity index (χ3n) is 2.45. The maximum Gasteiger partial charge on any atom is 0.140 e. The zero-order valence-corrected chi connectivity index (χ0v) is 13.7. The van der Waals surface area contributed by atoms with Crippen LogP contribution in [0.4, 0.5) is 0 Å². The van der Waals surface area contributed by atoms with E-state index in [2.05, 4.69) is 49.9 Å². The minimum Gasteiger partial charge on any atom is -0.456 e. The average molecular weight is 418 g/mol. The number of nitrogens with one attached hydrogen (secondary N) is 1. The lowest BCUT2D eigenvalue weighted by molar-refractivity contribution is 0.471. The number of benzene rings is 2. The summed E-state index contributed by atoms with van der Waals surface area (Å²) in [7, 11) is 1.93. The largest absolute Gasteiger partial charge is 0.456 e. The van der Waals surface area contributed by atoms with Crippen molar-refractivity contribution in [1.29, 1.82) is 0 Å². The lowest BCUT2D eigenvalue weighted by atomic mass is 10.2. The summed E-state index contributed by atoms with van der Waals surface area (Å²) < 4.78 is 8.14. The van der Waals surface area contributed by atoms with E-state index in [1.165, 1.54) is 0 Å². The topological polar surface area (TPSA) is 21.3 Å². The van der Waals surface area contributed by atoms with Crippen LogP contribution in [-0.4, -0.2) is 7.05 Å². The van der Waals surface area contributed by atoms with Crippen LogP contribution in [0.5, 0.6) is 11.5 Å². The van der Waals surface area contributed by atoms with Gasteiger partial charge in [0.2, 0.25) is 0 Å². The van der Waals surface area contributed by atoms with Crippen molar-refractivity contribution < 1.29 is 4.74 Å². The SMILES string of the molecule is CNCc1cc(Br)ccc1Oc1ccccc1I. The highest BCUT2D eigenvalue weighted by Crippen LogP contribution is 2.30. The predicted molar refractivity (Wildman–Crippen MR) is 86.1 cm³/mol. The van der Waals surface area contributed by atoms with Crippen molar-refractivity contribution in [2.75, 3.05) is 7.05 Å². The summed E-state index contributed by atoms with van der Waals surface area (Å²) in [4.78, 5) is 0. The van der Waals surface area contributed by atoms with E-state index >= 15 is 0 Å². The number of rotatable bonds is 4. The zero-order chi connectivity index (χ0) is 13.0. The first kappa shape index (κ1) is 13.8.